The number of rotatable bonds is 4. The average molecular weight is 247 g/mol. The Morgan fingerprint density at radius 3 is 2.61 bits per heavy atom. The van der Waals surface area contributed by atoms with Crippen LogP contribution < -0.4 is 10.1 Å². The van der Waals surface area contributed by atoms with Crippen molar-refractivity contribution in [2.45, 2.75) is 33.7 Å². The van der Waals surface area contributed by atoms with Gasteiger partial charge in [0.2, 0.25) is 5.91 Å². The molecule has 3 heteroatoms. The normalized spacial score (nSPS) is 11.6. The van der Waals surface area contributed by atoms with Crippen LogP contribution in [-0.2, 0) is 4.79 Å². The summed E-state index contributed by atoms with van der Waals surface area (Å²) in [6.45, 7) is 7.77. The van der Waals surface area contributed by atoms with Crippen molar-refractivity contribution in [3.63, 3.8) is 0 Å². The van der Waals surface area contributed by atoms with Crippen molar-refractivity contribution in [2.24, 2.45) is 0 Å². The summed E-state index contributed by atoms with van der Waals surface area (Å²) in [5, 5.41) is 2.93. The summed E-state index contributed by atoms with van der Waals surface area (Å²) in [5.74, 6) is 0.719. The summed E-state index contributed by atoms with van der Waals surface area (Å²) < 4.78 is 5.32. The second kappa shape index (κ2) is 6.24. The number of ether oxygens (including phenoxy) is 1. The van der Waals surface area contributed by atoms with Crippen LogP contribution in [0.25, 0.3) is 0 Å². The number of benzene rings is 1. The maximum absolute atomic E-state index is 11.7. The molecule has 0 aliphatic carbocycles. The van der Waals surface area contributed by atoms with E-state index in [-0.39, 0.29) is 11.9 Å². The number of nitrogens with one attached hydrogen (secondary N) is 1. The summed E-state index contributed by atoms with van der Waals surface area (Å²) in [6, 6.07) is 5.87. The second-order valence-corrected chi connectivity index (χ2v) is 4.70. The molecule has 98 valence electrons. The highest BCUT2D eigenvalue weighted by Gasteiger charge is 2.13. The lowest BCUT2D eigenvalue weighted by atomic mass is 10.0. The molecule has 0 saturated carbocycles. The predicted octanol–water partition coefficient (Wildman–Crippen LogP) is 3.15. The van der Waals surface area contributed by atoms with E-state index in [1.807, 2.05) is 45.9 Å². The van der Waals surface area contributed by atoms with Crippen LogP contribution in [0.15, 0.2) is 29.8 Å². The lowest BCUT2D eigenvalue weighted by Gasteiger charge is -2.17. The Balaban J connectivity index is 2.90. The van der Waals surface area contributed by atoms with Gasteiger partial charge in [-0.05, 0) is 33.8 Å². The van der Waals surface area contributed by atoms with Gasteiger partial charge in [-0.2, -0.15) is 0 Å². The summed E-state index contributed by atoms with van der Waals surface area (Å²) in [5.41, 5.74) is 3.12. The Kier molecular flexibility index (Phi) is 4.95. The van der Waals surface area contributed by atoms with Gasteiger partial charge in [0.15, 0.2) is 0 Å². The molecule has 0 fully saturated rings. The Hall–Kier alpha value is -1.77. The number of carbonyl (C=O) groups excluding carboxylic acids is 1. The highest BCUT2D eigenvalue weighted by molar-refractivity contribution is 5.88. The highest BCUT2D eigenvalue weighted by Crippen LogP contribution is 2.25. The molecule has 1 aromatic rings. The highest BCUT2D eigenvalue weighted by atomic mass is 16.5. The van der Waals surface area contributed by atoms with Crippen LogP contribution in [0.3, 0.4) is 0 Å². The minimum atomic E-state index is -0.0806. The van der Waals surface area contributed by atoms with Gasteiger partial charge >= 0.3 is 0 Å². The van der Waals surface area contributed by atoms with Gasteiger partial charge in [-0.1, -0.05) is 23.3 Å². The van der Waals surface area contributed by atoms with Crippen molar-refractivity contribution in [1.82, 2.24) is 5.32 Å². The van der Waals surface area contributed by atoms with Gasteiger partial charge in [0.05, 0.1) is 13.2 Å². The van der Waals surface area contributed by atoms with Crippen molar-refractivity contribution < 1.29 is 9.53 Å². The minimum Gasteiger partial charge on any atom is -0.496 e. The molecule has 1 amide bonds. The van der Waals surface area contributed by atoms with Crippen LogP contribution in [0.2, 0.25) is 0 Å². The summed E-state index contributed by atoms with van der Waals surface area (Å²) in [6.07, 6.45) is 1.60. The van der Waals surface area contributed by atoms with Crippen LogP contribution in [0.4, 0.5) is 0 Å². The molecule has 0 spiro atoms. The summed E-state index contributed by atoms with van der Waals surface area (Å²) >= 11 is 0. The maximum atomic E-state index is 11.7. The number of aryl methyl sites for hydroxylation is 1. The van der Waals surface area contributed by atoms with E-state index in [1.54, 1.807) is 13.2 Å². The van der Waals surface area contributed by atoms with Crippen LogP contribution in [0.5, 0.6) is 5.75 Å². The maximum Gasteiger partial charge on any atom is 0.244 e. The van der Waals surface area contributed by atoms with Gasteiger partial charge in [0.25, 0.3) is 0 Å². The molecule has 1 rings (SSSR count). The first kappa shape index (κ1) is 14.3. The van der Waals surface area contributed by atoms with E-state index in [0.29, 0.717) is 0 Å². The molecule has 1 aromatic carbocycles. The molecule has 0 aliphatic rings. The van der Waals surface area contributed by atoms with Crippen molar-refractivity contribution in [3.8, 4) is 5.75 Å². The molecule has 0 bridgehead atoms. The number of amides is 1. The van der Waals surface area contributed by atoms with Crippen LogP contribution in [0.1, 0.15) is 37.9 Å². The molecular formula is C15H21NO2. The molecule has 0 unspecified atom stereocenters. The molecule has 1 N–H and O–H groups in total. The first-order valence-corrected chi connectivity index (χ1v) is 6.04. The fraction of sp³-hybridized carbons (Fsp3) is 0.400. The topological polar surface area (TPSA) is 38.3 Å². The minimum absolute atomic E-state index is 0.0777. The molecular weight excluding hydrogens is 226 g/mol. The van der Waals surface area contributed by atoms with Gasteiger partial charge in [0.1, 0.15) is 5.75 Å². The van der Waals surface area contributed by atoms with E-state index >= 15 is 0 Å². The number of carbonyl (C=O) groups is 1. The van der Waals surface area contributed by atoms with Crippen molar-refractivity contribution in [3.05, 3.63) is 41.0 Å². The fourth-order valence-corrected chi connectivity index (χ4v) is 1.79. The SMILES string of the molecule is COc1ccc(C)cc1[C@H](C)NC(=O)C=C(C)C. The zero-order valence-corrected chi connectivity index (χ0v) is 11.7. The second-order valence-electron chi connectivity index (χ2n) is 4.70. The van der Waals surface area contributed by atoms with E-state index in [2.05, 4.69) is 5.32 Å². The van der Waals surface area contributed by atoms with Crippen molar-refractivity contribution in [1.29, 1.82) is 0 Å². The van der Waals surface area contributed by atoms with Gasteiger partial charge in [-0.25, -0.2) is 0 Å². The standard InChI is InChI=1S/C15H21NO2/c1-10(2)8-15(17)16-12(4)13-9-11(3)6-7-14(13)18-5/h6-9,12H,1-5H3,(H,16,17)/t12-/m0/s1. The molecule has 18 heavy (non-hydrogen) atoms. The van der Waals surface area contributed by atoms with Crippen LogP contribution >= 0.6 is 0 Å². The first-order valence-electron chi connectivity index (χ1n) is 6.04. The summed E-state index contributed by atoms with van der Waals surface area (Å²) in [7, 11) is 1.64. The number of methoxy groups -OCH3 is 1. The van der Waals surface area contributed by atoms with E-state index in [9.17, 15) is 4.79 Å². The van der Waals surface area contributed by atoms with E-state index in [4.69, 9.17) is 4.74 Å². The molecule has 0 aliphatic heterocycles. The van der Waals surface area contributed by atoms with E-state index in [0.717, 1.165) is 22.4 Å². The monoisotopic (exact) mass is 247 g/mol. The lowest BCUT2D eigenvalue weighted by Crippen LogP contribution is -2.25. The zero-order valence-electron chi connectivity index (χ0n) is 11.7. The van der Waals surface area contributed by atoms with Gasteiger partial charge < -0.3 is 10.1 Å². The van der Waals surface area contributed by atoms with Gasteiger partial charge in [-0.15, -0.1) is 0 Å². The Labute approximate surface area is 109 Å². The Bertz CT molecular complexity index is 460. The predicted molar refractivity (Wildman–Crippen MR) is 73.7 cm³/mol. The Morgan fingerprint density at radius 2 is 2.06 bits per heavy atom. The molecule has 1 atom stereocenters. The fourth-order valence-electron chi connectivity index (χ4n) is 1.79. The lowest BCUT2D eigenvalue weighted by molar-refractivity contribution is -0.117. The van der Waals surface area contributed by atoms with Crippen molar-refractivity contribution >= 4 is 5.91 Å². The quantitative estimate of drug-likeness (QED) is 0.830. The smallest absolute Gasteiger partial charge is 0.244 e. The van der Waals surface area contributed by atoms with Gasteiger partial charge in [0, 0.05) is 11.6 Å². The van der Waals surface area contributed by atoms with Gasteiger partial charge in [-0.3, -0.25) is 4.79 Å². The molecule has 0 saturated heterocycles. The molecule has 3 nitrogen and oxygen atoms in total. The molecule has 0 aromatic heterocycles. The van der Waals surface area contributed by atoms with Crippen LogP contribution in [-0.4, -0.2) is 13.0 Å². The largest absolute Gasteiger partial charge is 0.496 e. The van der Waals surface area contributed by atoms with E-state index < -0.39 is 0 Å². The summed E-state index contributed by atoms with van der Waals surface area (Å²) in [4.78, 5) is 11.7. The van der Waals surface area contributed by atoms with Crippen molar-refractivity contribution in [2.75, 3.05) is 7.11 Å². The van der Waals surface area contributed by atoms with Crippen LogP contribution in [0, 0.1) is 6.92 Å². The van der Waals surface area contributed by atoms with E-state index in [1.165, 1.54) is 0 Å². The number of hydrogen-bond donors (Lipinski definition) is 1. The first-order chi connectivity index (χ1) is 8.43. The average Bonchev–Trinajstić information content (AvgIpc) is 2.27. The third-order valence-electron chi connectivity index (χ3n) is 2.63. The zero-order chi connectivity index (χ0) is 13.7. The molecule has 0 radical (unpaired) electrons. The third kappa shape index (κ3) is 3.91. The third-order valence-corrected chi connectivity index (χ3v) is 2.63. The number of allylic oxidation sites excluding steroid dienone is 1. The number of hydrogen-bond acceptors (Lipinski definition) is 2. The molecule has 0 heterocycles. The Morgan fingerprint density at radius 1 is 1.39 bits per heavy atom.